The molecule has 1 amide bonds. The number of amides is 1. The summed E-state index contributed by atoms with van der Waals surface area (Å²) >= 11 is 0. The summed E-state index contributed by atoms with van der Waals surface area (Å²) < 4.78 is 43.7. The summed E-state index contributed by atoms with van der Waals surface area (Å²) in [6.07, 6.45) is -0.665. The van der Waals surface area contributed by atoms with Crippen molar-refractivity contribution < 1.29 is 22.5 Å². The standard InChI is InChI=1S/C18H16F3N5O2/c1-10-8-22-26(9-11-2-3-11)15(10)24-16(27)13-6-4-12(5-7-13)14-23-17(28-25-14)18(19,20)21/h4-8,11H,2-3,9H2,1H3,(H,24,27). The second kappa shape index (κ2) is 6.77. The van der Waals surface area contributed by atoms with Crippen molar-refractivity contribution in [1.29, 1.82) is 0 Å². The summed E-state index contributed by atoms with van der Waals surface area (Å²) in [5.74, 6) is -0.697. The van der Waals surface area contributed by atoms with Gasteiger partial charge in [-0.25, -0.2) is 4.68 Å². The van der Waals surface area contributed by atoms with E-state index in [1.807, 2.05) is 6.92 Å². The van der Waals surface area contributed by atoms with Crippen LogP contribution in [0.4, 0.5) is 19.0 Å². The molecule has 28 heavy (non-hydrogen) atoms. The molecule has 2 aromatic heterocycles. The van der Waals surface area contributed by atoms with Gasteiger partial charge in [-0.15, -0.1) is 0 Å². The van der Waals surface area contributed by atoms with Gasteiger partial charge in [-0.1, -0.05) is 17.3 Å². The van der Waals surface area contributed by atoms with Gasteiger partial charge in [0.1, 0.15) is 5.82 Å². The van der Waals surface area contributed by atoms with Gasteiger partial charge in [0.2, 0.25) is 5.82 Å². The van der Waals surface area contributed by atoms with Crippen LogP contribution in [0.1, 0.15) is 34.7 Å². The van der Waals surface area contributed by atoms with E-state index in [0.29, 0.717) is 22.9 Å². The zero-order valence-electron chi connectivity index (χ0n) is 14.8. The van der Waals surface area contributed by atoms with Crippen LogP contribution in [-0.4, -0.2) is 25.8 Å². The lowest BCUT2D eigenvalue weighted by Crippen LogP contribution is -2.17. The molecular weight excluding hydrogens is 375 g/mol. The van der Waals surface area contributed by atoms with Gasteiger partial charge in [-0.05, 0) is 37.8 Å². The van der Waals surface area contributed by atoms with E-state index < -0.39 is 12.1 Å². The molecule has 0 atom stereocenters. The van der Waals surface area contributed by atoms with E-state index in [9.17, 15) is 18.0 Å². The number of benzene rings is 1. The summed E-state index contributed by atoms with van der Waals surface area (Å²) in [4.78, 5) is 15.9. The number of carbonyl (C=O) groups excluding carboxylic acids is 1. The number of aryl methyl sites for hydroxylation is 1. The van der Waals surface area contributed by atoms with Crippen molar-refractivity contribution in [3.05, 3.63) is 47.5 Å². The van der Waals surface area contributed by atoms with E-state index in [-0.39, 0.29) is 11.7 Å². The molecule has 1 fully saturated rings. The molecule has 1 N–H and O–H groups in total. The highest BCUT2D eigenvalue weighted by Crippen LogP contribution is 2.32. The Hall–Kier alpha value is -3.17. The number of nitrogens with one attached hydrogen (secondary N) is 1. The van der Waals surface area contributed by atoms with E-state index in [2.05, 4.69) is 25.1 Å². The molecule has 3 aromatic rings. The van der Waals surface area contributed by atoms with E-state index in [0.717, 1.165) is 12.1 Å². The fourth-order valence-electron chi connectivity index (χ4n) is 2.73. The number of halogens is 3. The Morgan fingerprint density at radius 2 is 2.00 bits per heavy atom. The van der Waals surface area contributed by atoms with Gasteiger partial charge in [-0.3, -0.25) is 4.79 Å². The molecule has 4 rings (SSSR count). The van der Waals surface area contributed by atoms with E-state index in [1.54, 1.807) is 10.9 Å². The summed E-state index contributed by atoms with van der Waals surface area (Å²) in [7, 11) is 0. The van der Waals surface area contributed by atoms with Crippen molar-refractivity contribution in [2.45, 2.75) is 32.5 Å². The molecule has 1 saturated carbocycles. The SMILES string of the molecule is Cc1cnn(CC2CC2)c1NC(=O)c1ccc(-c2noc(C(F)(F)F)n2)cc1. The van der Waals surface area contributed by atoms with Crippen LogP contribution in [0.25, 0.3) is 11.4 Å². The zero-order chi connectivity index (χ0) is 19.9. The van der Waals surface area contributed by atoms with E-state index >= 15 is 0 Å². The van der Waals surface area contributed by atoms with Gasteiger partial charge in [0, 0.05) is 23.2 Å². The number of hydrogen-bond donors (Lipinski definition) is 1. The minimum absolute atomic E-state index is 0.197. The number of aromatic nitrogens is 4. The topological polar surface area (TPSA) is 85.8 Å². The molecule has 1 aliphatic rings. The first kappa shape index (κ1) is 18.2. The quantitative estimate of drug-likeness (QED) is 0.712. The Bertz CT molecular complexity index is 1000. The summed E-state index contributed by atoms with van der Waals surface area (Å²) in [5.41, 5.74) is 1.52. The molecule has 0 radical (unpaired) electrons. The third-order valence-electron chi connectivity index (χ3n) is 4.46. The molecular formula is C18H16F3N5O2. The average molecular weight is 391 g/mol. The molecule has 0 spiro atoms. The van der Waals surface area contributed by atoms with Crippen LogP contribution >= 0.6 is 0 Å². The fraction of sp³-hybridized carbons (Fsp3) is 0.333. The Morgan fingerprint density at radius 1 is 1.29 bits per heavy atom. The number of alkyl halides is 3. The lowest BCUT2D eigenvalue weighted by molar-refractivity contribution is -0.159. The normalized spacial score (nSPS) is 14.3. The van der Waals surface area contributed by atoms with Crippen LogP contribution in [0.2, 0.25) is 0 Å². The molecule has 0 bridgehead atoms. The smallest absolute Gasteiger partial charge is 0.329 e. The molecule has 1 aromatic carbocycles. The third-order valence-corrected chi connectivity index (χ3v) is 4.46. The highest BCUT2D eigenvalue weighted by molar-refractivity contribution is 6.04. The summed E-state index contributed by atoms with van der Waals surface area (Å²) in [5, 5.41) is 10.5. The lowest BCUT2D eigenvalue weighted by atomic mass is 10.1. The first-order valence-corrected chi connectivity index (χ1v) is 8.66. The second-order valence-corrected chi connectivity index (χ2v) is 6.75. The predicted octanol–water partition coefficient (Wildman–Crippen LogP) is 3.92. The molecule has 0 unspecified atom stereocenters. The van der Waals surface area contributed by atoms with Gasteiger partial charge in [-0.2, -0.15) is 23.3 Å². The molecule has 10 heteroatoms. The zero-order valence-corrected chi connectivity index (χ0v) is 14.8. The van der Waals surface area contributed by atoms with Crippen molar-refractivity contribution >= 4 is 11.7 Å². The van der Waals surface area contributed by atoms with Crippen molar-refractivity contribution in [2.24, 2.45) is 5.92 Å². The number of rotatable bonds is 5. The lowest BCUT2D eigenvalue weighted by Gasteiger charge is -2.10. The van der Waals surface area contributed by atoms with Crippen LogP contribution in [-0.2, 0) is 12.7 Å². The van der Waals surface area contributed by atoms with Crippen molar-refractivity contribution in [3.8, 4) is 11.4 Å². The fourth-order valence-corrected chi connectivity index (χ4v) is 2.73. The first-order chi connectivity index (χ1) is 13.3. The number of carbonyl (C=O) groups is 1. The largest absolute Gasteiger partial charge is 0.471 e. The van der Waals surface area contributed by atoms with E-state index in [4.69, 9.17) is 0 Å². The molecule has 146 valence electrons. The van der Waals surface area contributed by atoms with Crippen LogP contribution in [0.15, 0.2) is 35.0 Å². The average Bonchev–Trinajstić information content (AvgIpc) is 3.20. The molecule has 7 nitrogen and oxygen atoms in total. The van der Waals surface area contributed by atoms with Gasteiger partial charge in [0.15, 0.2) is 0 Å². The van der Waals surface area contributed by atoms with Crippen LogP contribution in [0, 0.1) is 12.8 Å². The van der Waals surface area contributed by atoms with Crippen molar-refractivity contribution in [2.75, 3.05) is 5.32 Å². The Kier molecular flexibility index (Phi) is 4.40. The monoisotopic (exact) mass is 391 g/mol. The Labute approximate surface area is 157 Å². The van der Waals surface area contributed by atoms with Gasteiger partial charge in [0.25, 0.3) is 5.91 Å². The third kappa shape index (κ3) is 3.75. The second-order valence-electron chi connectivity index (χ2n) is 6.75. The number of anilines is 1. The minimum Gasteiger partial charge on any atom is -0.329 e. The summed E-state index contributed by atoms with van der Waals surface area (Å²) in [6, 6.07) is 5.92. The highest BCUT2D eigenvalue weighted by Gasteiger charge is 2.38. The number of nitrogens with zero attached hydrogens (tertiary/aromatic N) is 4. The molecule has 1 aliphatic carbocycles. The highest BCUT2D eigenvalue weighted by atomic mass is 19.4. The van der Waals surface area contributed by atoms with Gasteiger partial charge in [0.05, 0.1) is 6.20 Å². The molecule has 0 saturated heterocycles. The maximum absolute atomic E-state index is 12.6. The maximum Gasteiger partial charge on any atom is 0.471 e. The van der Waals surface area contributed by atoms with Crippen molar-refractivity contribution in [1.82, 2.24) is 19.9 Å². The minimum atomic E-state index is -4.70. The number of hydrogen-bond acceptors (Lipinski definition) is 5. The predicted molar refractivity (Wildman–Crippen MR) is 92.4 cm³/mol. The Morgan fingerprint density at radius 3 is 2.61 bits per heavy atom. The van der Waals surface area contributed by atoms with Gasteiger partial charge < -0.3 is 9.84 Å². The maximum atomic E-state index is 12.6. The van der Waals surface area contributed by atoms with Crippen molar-refractivity contribution in [3.63, 3.8) is 0 Å². The first-order valence-electron chi connectivity index (χ1n) is 8.66. The van der Waals surface area contributed by atoms with Crippen LogP contribution in [0.3, 0.4) is 0 Å². The molecule has 0 aliphatic heterocycles. The molecule has 2 heterocycles. The van der Waals surface area contributed by atoms with Gasteiger partial charge >= 0.3 is 12.1 Å². The van der Waals surface area contributed by atoms with Crippen LogP contribution in [0.5, 0.6) is 0 Å². The van der Waals surface area contributed by atoms with E-state index in [1.165, 1.54) is 37.1 Å². The summed E-state index contributed by atoms with van der Waals surface area (Å²) in [6.45, 7) is 2.63. The van der Waals surface area contributed by atoms with Crippen LogP contribution < -0.4 is 5.32 Å². The Balaban J connectivity index is 1.49.